The maximum Gasteiger partial charge on any atom is 0.198 e. The summed E-state index contributed by atoms with van der Waals surface area (Å²) in [5.74, 6) is 1.10. The fourth-order valence-electron chi connectivity index (χ4n) is 3.67. The summed E-state index contributed by atoms with van der Waals surface area (Å²) in [5, 5.41) is 0.0505. The number of amidine groups is 1. The second-order valence-electron chi connectivity index (χ2n) is 10.2. The van der Waals surface area contributed by atoms with Crippen molar-refractivity contribution in [2.45, 2.75) is 92.3 Å². The Bertz CT molecular complexity index is 790. The molecule has 0 heterocycles. The van der Waals surface area contributed by atoms with E-state index in [0.29, 0.717) is 9.68 Å². The number of allylic oxidation sites excluding steroid dienone is 4. The molecule has 2 rings (SSSR count). The van der Waals surface area contributed by atoms with E-state index in [0.717, 1.165) is 5.84 Å². The van der Waals surface area contributed by atoms with E-state index >= 15 is 0 Å². The summed E-state index contributed by atoms with van der Waals surface area (Å²) in [4.78, 5) is 5.22. The molecule has 152 valence electrons. The Balaban J connectivity index is 2.65. The SMILES string of the molecule is CC1=C(C)C(C)([Si]N(C(=NC(C)(C)C)c2ccccc2)C(C)(C)C)C(C)=C1C. The van der Waals surface area contributed by atoms with Gasteiger partial charge in [-0.15, -0.1) is 0 Å². The standard InChI is InChI=1S/C25H38N2Si/c1-17-18(2)20(4)25(11,19(17)3)28-27(24(8,9)10)22(26-23(5,6)7)21-15-13-12-14-16-21/h12-16H,1-11H3. The molecule has 0 spiro atoms. The highest BCUT2D eigenvalue weighted by Gasteiger charge is 2.42. The van der Waals surface area contributed by atoms with Gasteiger partial charge in [0, 0.05) is 16.1 Å². The quantitative estimate of drug-likeness (QED) is 0.312. The summed E-state index contributed by atoms with van der Waals surface area (Å²) in [6, 6.07) is 10.7. The fraction of sp³-hybridized carbons (Fsp3) is 0.560. The van der Waals surface area contributed by atoms with Crippen LogP contribution in [0.3, 0.4) is 0 Å². The van der Waals surface area contributed by atoms with Gasteiger partial charge in [0.25, 0.3) is 0 Å². The minimum Gasteiger partial charge on any atom is -0.378 e. The van der Waals surface area contributed by atoms with Crippen molar-refractivity contribution in [1.82, 2.24) is 4.57 Å². The number of benzene rings is 1. The molecule has 1 aromatic rings. The number of aliphatic imine (C=N–C) groups is 1. The van der Waals surface area contributed by atoms with Crippen LogP contribution in [0.25, 0.3) is 0 Å². The van der Waals surface area contributed by atoms with E-state index in [1.165, 1.54) is 27.9 Å². The summed E-state index contributed by atoms with van der Waals surface area (Å²) in [6.45, 7) is 25.0. The molecular formula is C25H38N2Si. The molecule has 0 aromatic heterocycles. The lowest BCUT2D eigenvalue weighted by molar-refractivity contribution is 0.349. The van der Waals surface area contributed by atoms with E-state index in [-0.39, 0.29) is 16.1 Å². The van der Waals surface area contributed by atoms with Gasteiger partial charge in [-0.05, 0) is 80.4 Å². The molecule has 28 heavy (non-hydrogen) atoms. The van der Waals surface area contributed by atoms with Crippen molar-refractivity contribution >= 4 is 15.5 Å². The van der Waals surface area contributed by atoms with Gasteiger partial charge in [-0.25, -0.2) is 0 Å². The highest BCUT2D eigenvalue weighted by atomic mass is 28.2. The van der Waals surface area contributed by atoms with Gasteiger partial charge >= 0.3 is 0 Å². The van der Waals surface area contributed by atoms with Gasteiger partial charge in [0.1, 0.15) is 5.84 Å². The second kappa shape index (κ2) is 7.66. The first-order chi connectivity index (χ1) is 12.7. The van der Waals surface area contributed by atoms with Crippen molar-refractivity contribution in [3.05, 3.63) is 58.2 Å². The Morgan fingerprint density at radius 2 is 1.32 bits per heavy atom. The van der Waals surface area contributed by atoms with E-state index in [1.807, 2.05) is 0 Å². The number of hydrogen-bond donors (Lipinski definition) is 0. The van der Waals surface area contributed by atoms with Crippen molar-refractivity contribution in [3.63, 3.8) is 0 Å². The van der Waals surface area contributed by atoms with Crippen molar-refractivity contribution in [2.24, 2.45) is 4.99 Å². The Labute approximate surface area is 175 Å². The third-order valence-electron chi connectivity index (χ3n) is 5.88. The molecule has 0 saturated carbocycles. The normalized spacial score (nSPS) is 18.2. The average molecular weight is 395 g/mol. The minimum atomic E-state index is -0.142. The first kappa shape index (κ1) is 22.7. The summed E-state index contributed by atoms with van der Waals surface area (Å²) < 4.78 is 2.55. The second-order valence-corrected chi connectivity index (χ2v) is 11.9. The lowest BCUT2D eigenvalue weighted by Gasteiger charge is -2.44. The van der Waals surface area contributed by atoms with E-state index in [9.17, 15) is 0 Å². The Morgan fingerprint density at radius 3 is 1.71 bits per heavy atom. The summed E-state index contributed by atoms with van der Waals surface area (Å²) in [7, 11) is 0.592. The molecular weight excluding hydrogens is 356 g/mol. The lowest BCUT2D eigenvalue weighted by atomic mass is 9.98. The average Bonchev–Trinajstić information content (AvgIpc) is 2.73. The van der Waals surface area contributed by atoms with Crippen LogP contribution in [0.15, 0.2) is 57.6 Å². The molecule has 3 heteroatoms. The number of nitrogens with zero attached hydrogens (tertiary/aromatic N) is 2. The van der Waals surface area contributed by atoms with Crippen LogP contribution in [0.1, 0.15) is 81.7 Å². The molecule has 0 amide bonds. The van der Waals surface area contributed by atoms with Crippen LogP contribution in [0, 0.1) is 0 Å². The van der Waals surface area contributed by atoms with Gasteiger partial charge in [0.05, 0.1) is 5.54 Å². The fourth-order valence-corrected chi connectivity index (χ4v) is 5.45. The topological polar surface area (TPSA) is 15.6 Å². The number of rotatable bonds is 3. The van der Waals surface area contributed by atoms with Gasteiger partial charge in [-0.1, -0.05) is 48.4 Å². The zero-order chi connectivity index (χ0) is 21.5. The lowest BCUT2D eigenvalue weighted by Crippen LogP contribution is -2.52. The van der Waals surface area contributed by atoms with Crippen molar-refractivity contribution < 1.29 is 0 Å². The molecule has 2 nitrogen and oxygen atoms in total. The van der Waals surface area contributed by atoms with E-state index < -0.39 is 0 Å². The minimum absolute atomic E-state index is 0.0354. The predicted molar refractivity (Wildman–Crippen MR) is 125 cm³/mol. The number of hydrogen-bond acceptors (Lipinski definition) is 1. The molecule has 0 bridgehead atoms. The first-order valence-electron chi connectivity index (χ1n) is 10.3. The monoisotopic (exact) mass is 394 g/mol. The molecule has 0 aliphatic heterocycles. The van der Waals surface area contributed by atoms with E-state index in [2.05, 4.69) is 111 Å². The Morgan fingerprint density at radius 1 is 0.857 bits per heavy atom. The summed E-state index contributed by atoms with van der Waals surface area (Å²) in [5.41, 5.74) is 6.92. The van der Waals surface area contributed by atoms with Crippen LogP contribution >= 0.6 is 0 Å². The van der Waals surface area contributed by atoms with E-state index in [4.69, 9.17) is 4.99 Å². The molecule has 0 fully saturated rings. The molecule has 2 radical (unpaired) electrons. The van der Waals surface area contributed by atoms with E-state index in [1.54, 1.807) is 0 Å². The van der Waals surface area contributed by atoms with Crippen LogP contribution in [0.2, 0.25) is 5.04 Å². The van der Waals surface area contributed by atoms with Crippen LogP contribution < -0.4 is 0 Å². The molecule has 0 unspecified atom stereocenters. The van der Waals surface area contributed by atoms with Gasteiger partial charge in [0.15, 0.2) is 9.68 Å². The Hall–Kier alpha value is -1.61. The zero-order valence-corrected chi connectivity index (χ0v) is 20.8. The first-order valence-corrected chi connectivity index (χ1v) is 11.2. The van der Waals surface area contributed by atoms with Crippen LogP contribution in [0.4, 0.5) is 0 Å². The zero-order valence-electron chi connectivity index (χ0n) is 19.8. The molecule has 1 aliphatic rings. The third kappa shape index (κ3) is 4.51. The maximum absolute atomic E-state index is 5.22. The smallest absolute Gasteiger partial charge is 0.198 e. The molecule has 0 N–H and O–H groups in total. The van der Waals surface area contributed by atoms with Crippen molar-refractivity contribution in [2.75, 3.05) is 0 Å². The highest BCUT2D eigenvalue weighted by Crippen LogP contribution is 2.52. The maximum atomic E-state index is 5.22. The van der Waals surface area contributed by atoms with Crippen molar-refractivity contribution in [3.8, 4) is 0 Å². The van der Waals surface area contributed by atoms with Gasteiger partial charge in [-0.2, -0.15) is 0 Å². The van der Waals surface area contributed by atoms with Gasteiger partial charge in [0.2, 0.25) is 0 Å². The third-order valence-corrected chi connectivity index (χ3v) is 8.18. The van der Waals surface area contributed by atoms with Gasteiger partial charge < -0.3 is 4.57 Å². The van der Waals surface area contributed by atoms with Crippen LogP contribution in [-0.2, 0) is 0 Å². The summed E-state index contributed by atoms with van der Waals surface area (Å²) >= 11 is 0. The Kier molecular flexibility index (Phi) is 6.21. The molecule has 0 atom stereocenters. The molecule has 1 aliphatic carbocycles. The van der Waals surface area contributed by atoms with Crippen LogP contribution in [-0.4, -0.2) is 31.2 Å². The molecule has 0 saturated heterocycles. The van der Waals surface area contributed by atoms with Crippen LogP contribution in [0.5, 0.6) is 0 Å². The summed E-state index contributed by atoms with van der Waals surface area (Å²) in [6.07, 6.45) is 0. The largest absolute Gasteiger partial charge is 0.378 e. The molecule has 1 aromatic carbocycles. The highest BCUT2D eigenvalue weighted by molar-refractivity contribution is 6.45. The predicted octanol–water partition coefficient (Wildman–Crippen LogP) is 6.82. The van der Waals surface area contributed by atoms with Gasteiger partial charge in [-0.3, -0.25) is 4.99 Å². The van der Waals surface area contributed by atoms with Crippen molar-refractivity contribution in [1.29, 1.82) is 0 Å².